The van der Waals surface area contributed by atoms with Crippen molar-refractivity contribution >= 4 is 23.2 Å². The summed E-state index contributed by atoms with van der Waals surface area (Å²) in [6.45, 7) is 2.08. The first-order valence-corrected chi connectivity index (χ1v) is 5.94. The monoisotopic (exact) mass is 261 g/mol. The van der Waals surface area contributed by atoms with Gasteiger partial charge in [-0.2, -0.15) is 0 Å². The maximum Gasteiger partial charge on any atom is 0.275 e. The van der Waals surface area contributed by atoms with Crippen molar-refractivity contribution in [1.82, 2.24) is 9.97 Å². The Morgan fingerprint density at radius 2 is 2.00 bits per heavy atom. The molecule has 18 heavy (non-hydrogen) atoms. The van der Waals surface area contributed by atoms with Crippen LogP contribution >= 0.6 is 11.6 Å². The van der Waals surface area contributed by atoms with Crippen molar-refractivity contribution in [3.05, 3.63) is 53.1 Å². The molecule has 0 aliphatic heterocycles. The molecule has 2 rings (SSSR count). The second-order valence-electron chi connectivity index (χ2n) is 3.73. The lowest BCUT2D eigenvalue weighted by Crippen LogP contribution is -2.14. The Kier molecular flexibility index (Phi) is 3.89. The Labute approximate surface area is 110 Å². The average Bonchev–Trinajstić information content (AvgIpc) is 2.39. The summed E-state index contributed by atoms with van der Waals surface area (Å²) >= 11 is 5.68. The predicted octanol–water partition coefficient (Wildman–Crippen LogP) is 2.94. The lowest BCUT2D eigenvalue weighted by molar-refractivity contribution is 0.102. The van der Waals surface area contributed by atoms with Crippen molar-refractivity contribution in [3.8, 4) is 0 Å². The number of carbonyl (C=O) groups is 1. The van der Waals surface area contributed by atoms with Crippen molar-refractivity contribution < 1.29 is 4.79 Å². The van der Waals surface area contributed by atoms with Crippen LogP contribution in [0.4, 0.5) is 5.69 Å². The van der Waals surface area contributed by atoms with Gasteiger partial charge in [-0.1, -0.05) is 30.7 Å². The van der Waals surface area contributed by atoms with Crippen molar-refractivity contribution in [3.63, 3.8) is 0 Å². The molecule has 0 radical (unpaired) electrons. The SMILES string of the molecule is CCc1ccc(NC(=O)c2cncc(Cl)n2)cc1. The topological polar surface area (TPSA) is 54.9 Å². The molecule has 1 aromatic carbocycles. The van der Waals surface area contributed by atoms with E-state index in [0.717, 1.165) is 12.1 Å². The minimum atomic E-state index is -0.325. The van der Waals surface area contributed by atoms with Crippen LogP contribution in [0.5, 0.6) is 0 Å². The van der Waals surface area contributed by atoms with E-state index in [1.807, 2.05) is 24.3 Å². The van der Waals surface area contributed by atoms with Crippen LogP contribution in [0.25, 0.3) is 0 Å². The van der Waals surface area contributed by atoms with Crippen LogP contribution in [-0.2, 0) is 6.42 Å². The van der Waals surface area contributed by atoms with E-state index in [1.54, 1.807) is 0 Å². The fourth-order valence-electron chi connectivity index (χ4n) is 1.47. The van der Waals surface area contributed by atoms with Crippen LogP contribution < -0.4 is 5.32 Å². The lowest BCUT2D eigenvalue weighted by Gasteiger charge is -2.05. The van der Waals surface area contributed by atoms with Gasteiger partial charge >= 0.3 is 0 Å². The van der Waals surface area contributed by atoms with Crippen molar-refractivity contribution in [2.75, 3.05) is 5.32 Å². The fourth-order valence-corrected chi connectivity index (χ4v) is 1.62. The maximum absolute atomic E-state index is 11.8. The molecule has 1 amide bonds. The first-order chi connectivity index (χ1) is 8.69. The van der Waals surface area contributed by atoms with E-state index in [4.69, 9.17) is 11.6 Å². The Bertz CT molecular complexity index is 554. The third kappa shape index (κ3) is 3.05. The summed E-state index contributed by atoms with van der Waals surface area (Å²) in [5.74, 6) is -0.325. The largest absolute Gasteiger partial charge is 0.321 e. The highest BCUT2D eigenvalue weighted by Gasteiger charge is 2.08. The summed E-state index contributed by atoms with van der Waals surface area (Å²) in [5.41, 5.74) is 2.14. The number of carbonyl (C=O) groups excluding carboxylic acids is 1. The number of amides is 1. The molecule has 0 aliphatic carbocycles. The zero-order valence-electron chi connectivity index (χ0n) is 9.85. The molecule has 1 heterocycles. The molecule has 0 atom stereocenters. The third-order valence-electron chi connectivity index (χ3n) is 2.46. The number of nitrogens with zero attached hydrogens (tertiary/aromatic N) is 2. The summed E-state index contributed by atoms with van der Waals surface area (Å²) < 4.78 is 0. The van der Waals surface area contributed by atoms with Crippen LogP contribution in [0.2, 0.25) is 5.15 Å². The van der Waals surface area contributed by atoms with Crippen molar-refractivity contribution in [1.29, 1.82) is 0 Å². The number of nitrogens with one attached hydrogen (secondary N) is 1. The van der Waals surface area contributed by atoms with Gasteiger partial charge in [0.05, 0.1) is 12.4 Å². The Morgan fingerprint density at radius 3 is 2.61 bits per heavy atom. The van der Waals surface area contributed by atoms with E-state index in [0.29, 0.717) is 0 Å². The van der Waals surface area contributed by atoms with Gasteiger partial charge in [0.15, 0.2) is 0 Å². The molecular weight excluding hydrogens is 250 g/mol. The van der Waals surface area contributed by atoms with E-state index >= 15 is 0 Å². The molecule has 0 bridgehead atoms. The van der Waals surface area contributed by atoms with Gasteiger partial charge in [-0.3, -0.25) is 9.78 Å². The highest BCUT2D eigenvalue weighted by atomic mass is 35.5. The maximum atomic E-state index is 11.8. The number of halogens is 1. The molecule has 4 nitrogen and oxygen atoms in total. The number of aromatic nitrogens is 2. The first kappa shape index (κ1) is 12.5. The van der Waals surface area contributed by atoms with E-state index in [2.05, 4.69) is 22.2 Å². The molecule has 0 saturated heterocycles. The quantitative estimate of drug-likeness (QED) is 0.924. The molecule has 92 valence electrons. The normalized spacial score (nSPS) is 10.1. The summed E-state index contributed by atoms with van der Waals surface area (Å²) in [6.07, 6.45) is 3.73. The molecule has 5 heteroatoms. The highest BCUT2D eigenvalue weighted by Crippen LogP contribution is 2.11. The van der Waals surface area contributed by atoms with Gasteiger partial charge in [-0.25, -0.2) is 4.98 Å². The number of anilines is 1. The van der Waals surface area contributed by atoms with Gasteiger partial charge in [-0.05, 0) is 24.1 Å². The Balaban J connectivity index is 2.11. The fraction of sp³-hybridized carbons (Fsp3) is 0.154. The highest BCUT2D eigenvalue weighted by molar-refractivity contribution is 6.29. The van der Waals surface area contributed by atoms with Crippen LogP contribution in [0.1, 0.15) is 23.0 Å². The standard InChI is InChI=1S/C13H12ClN3O/c1-2-9-3-5-10(6-4-9)16-13(18)11-7-15-8-12(14)17-11/h3-8H,2H2,1H3,(H,16,18). The molecule has 0 saturated carbocycles. The lowest BCUT2D eigenvalue weighted by atomic mass is 10.1. The van der Waals surface area contributed by atoms with Gasteiger partial charge in [-0.15, -0.1) is 0 Å². The Morgan fingerprint density at radius 1 is 1.28 bits per heavy atom. The van der Waals surface area contributed by atoms with Gasteiger partial charge in [0.2, 0.25) is 0 Å². The Hall–Kier alpha value is -1.94. The van der Waals surface area contributed by atoms with Crippen molar-refractivity contribution in [2.24, 2.45) is 0 Å². The summed E-state index contributed by atoms with van der Waals surface area (Å²) in [4.78, 5) is 19.6. The summed E-state index contributed by atoms with van der Waals surface area (Å²) in [7, 11) is 0. The molecule has 0 spiro atoms. The van der Waals surface area contributed by atoms with Crippen LogP contribution in [0, 0.1) is 0 Å². The minimum Gasteiger partial charge on any atom is -0.321 e. The first-order valence-electron chi connectivity index (χ1n) is 5.57. The molecule has 0 fully saturated rings. The zero-order valence-corrected chi connectivity index (χ0v) is 10.6. The summed E-state index contributed by atoms with van der Waals surface area (Å²) in [6, 6.07) is 7.65. The third-order valence-corrected chi connectivity index (χ3v) is 2.64. The number of aryl methyl sites for hydroxylation is 1. The molecule has 2 aromatic rings. The van der Waals surface area contributed by atoms with Gasteiger partial charge < -0.3 is 5.32 Å². The molecule has 1 N–H and O–H groups in total. The zero-order chi connectivity index (χ0) is 13.0. The van der Waals surface area contributed by atoms with Crippen LogP contribution in [0.3, 0.4) is 0 Å². The number of rotatable bonds is 3. The van der Waals surface area contributed by atoms with Crippen LogP contribution in [-0.4, -0.2) is 15.9 Å². The average molecular weight is 262 g/mol. The van der Waals surface area contributed by atoms with E-state index in [9.17, 15) is 4.79 Å². The predicted molar refractivity (Wildman–Crippen MR) is 70.8 cm³/mol. The van der Waals surface area contributed by atoms with Gasteiger partial charge in [0, 0.05) is 5.69 Å². The van der Waals surface area contributed by atoms with Gasteiger partial charge in [0.1, 0.15) is 10.8 Å². The van der Waals surface area contributed by atoms with Crippen molar-refractivity contribution in [2.45, 2.75) is 13.3 Å². The number of benzene rings is 1. The molecule has 0 unspecified atom stereocenters. The second-order valence-corrected chi connectivity index (χ2v) is 4.12. The second kappa shape index (κ2) is 5.60. The summed E-state index contributed by atoms with van der Waals surface area (Å²) in [5, 5.41) is 2.93. The number of hydrogen-bond donors (Lipinski definition) is 1. The van der Waals surface area contributed by atoms with E-state index in [-0.39, 0.29) is 16.8 Å². The van der Waals surface area contributed by atoms with Crippen LogP contribution in [0.15, 0.2) is 36.7 Å². The smallest absolute Gasteiger partial charge is 0.275 e. The molecular formula is C13H12ClN3O. The van der Waals surface area contributed by atoms with E-state index in [1.165, 1.54) is 18.0 Å². The minimum absolute atomic E-state index is 0.196. The number of hydrogen-bond acceptors (Lipinski definition) is 3. The molecule has 0 aliphatic rings. The van der Waals surface area contributed by atoms with E-state index < -0.39 is 0 Å². The van der Waals surface area contributed by atoms with Gasteiger partial charge in [0.25, 0.3) is 5.91 Å². The molecule has 1 aromatic heterocycles.